The van der Waals surface area contributed by atoms with Crippen molar-refractivity contribution in [1.82, 2.24) is 0 Å². The minimum absolute atomic E-state index is 0.0451. The Morgan fingerprint density at radius 3 is 1.46 bits per heavy atom. The standard InChI is InChI=1S/C30H21NO5S/c1-20(32)36-31-27(29(34)22-10-6-3-7-11-22)30(35)24-14-18-26(19-15-24)37-25-16-12-23(13-17-25)28(33)21-8-4-2-5-9-21/h2-19H,1H3/b31-27+. The van der Waals surface area contributed by atoms with E-state index in [0.29, 0.717) is 11.1 Å². The van der Waals surface area contributed by atoms with Crippen LogP contribution in [0.5, 0.6) is 0 Å². The predicted molar refractivity (Wildman–Crippen MR) is 141 cm³/mol. The van der Waals surface area contributed by atoms with Gasteiger partial charge in [0.1, 0.15) is 0 Å². The van der Waals surface area contributed by atoms with Gasteiger partial charge in [0.25, 0.3) is 0 Å². The summed E-state index contributed by atoms with van der Waals surface area (Å²) >= 11 is 1.46. The molecule has 0 aliphatic heterocycles. The van der Waals surface area contributed by atoms with Crippen molar-refractivity contribution in [3.63, 3.8) is 0 Å². The molecule has 0 aliphatic carbocycles. The molecule has 0 aliphatic rings. The minimum Gasteiger partial charge on any atom is -0.318 e. The zero-order chi connectivity index (χ0) is 26.2. The quantitative estimate of drug-likeness (QED) is 0.0900. The van der Waals surface area contributed by atoms with E-state index in [4.69, 9.17) is 0 Å². The molecule has 0 bridgehead atoms. The molecule has 0 saturated heterocycles. The summed E-state index contributed by atoms with van der Waals surface area (Å²) in [6, 6.07) is 31.2. The van der Waals surface area contributed by atoms with E-state index < -0.39 is 23.2 Å². The Bertz CT molecular complexity index is 1460. The molecule has 7 heteroatoms. The van der Waals surface area contributed by atoms with Crippen molar-refractivity contribution in [3.05, 3.63) is 131 Å². The van der Waals surface area contributed by atoms with Crippen LogP contribution in [0.2, 0.25) is 0 Å². The Morgan fingerprint density at radius 1 is 0.568 bits per heavy atom. The average Bonchev–Trinajstić information content (AvgIpc) is 2.94. The Labute approximate surface area is 218 Å². The Balaban J connectivity index is 1.48. The van der Waals surface area contributed by atoms with Crippen molar-refractivity contribution in [1.29, 1.82) is 0 Å². The normalized spacial score (nSPS) is 11.0. The highest BCUT2D eigenvalue weighted by molar-refractivity contribution is 7.99. The van der Waals surface area contributed by atoms with E-state index in [-0.39, 0.29) is 16.9 Å². The van der Waals surface area contributed by atoms with E-state index in [9.17, 15) is 19.2 Å². The lowest BCUT2D eigenvalue weighted by Crippen LogP contribution is -2.25. The molecule has 6 nitrogen and oxygen atoms in total. The van der Waals surface area contributed by atoms with Crippen molar-refractivity contribution in [2.45, 2.75) is 16.7 Å². The smallest absolute Gasteiger partial charge is 0.318 e. The van der Waals surface area contributed by atoms with Gasteiger partial charge in [0.2, 0.25) is 11.6 Å². The van der Waals surface area contributed by atoms with Crippen LogP contribution in [0.1, 0.15) is 43.6 Å². The van der Waals surface area contributed by atoms with Crippen molar-refractivity contribution < 1.29 is 24.0 Å². The van der Waals surface area contributed by atoms with Crippen LogP contribution in [0.4, 0.5) is 0 Å². The van der Waals surface area contributed by atoms with E-state index in [0.717, 1.165) is 16.7 Å². The van der Waals surface area contributed by atoms with Gasteiger partial charge in [-0.1, -0.05) is 77.6 Å². The fourth-order valence-electron chi connectivity index (χ4n) is 3.40. The van der Waals surface area contributed by atoms with Crippen molar-refractivity contribution >= 4 is 40.8 Å². The van der Waals surface area contributed by atoms with Gasteiger partial charge < -0.3 is 4.84 Å². The van der Waals surface area contributed by atoms with E-state index in [1.54, 1.807) is 78.9 Å². The zero-order valence-electron chi connectivity index (χ0n) is 19.8. The summed E-state index contributed by atoms with van der Waals surface area (Å²) < 4.78 is 0. The number of Topliss-reactive ketones (excluding diaryl/α,β-unsaturated/α-hetero) is 2. The van der Waals surface area contributed by atoms with E-state index in [1.807, 2.05) is 30.3 Å². The topological polar surface area (TPSA) is 89.9 Å². The minimum atomic E-state index is -0.741. The van der Waals surface area contributed by atoms with Gasteiger partial charge in [0.15, 0.2) is 11.5 Å². The number of benzene rings is 4. The fourth-order valence-corrected chi connectivity index (χ4v) is 4.22. The van der Waals surface area contributed by atoms with Gasteiger partial charge in [0.05, 0.1) is 0 Å². The first-order chi connectivity index (χ1) is 17.9. The molecule has 0 unspecified atom stereocenters. The van der Waals surface area contributed by atoms with Gasteiger partial charge in [-0.25, -0.2) is 4.79 Å². The third-order valence-electron chi connectivity index (χ3n) is 5.24. The Morgan fingerprint density at radius 2 is 0.973 bits per heavy atom. The molecule has 0 spiro atoms. The number of hydrogen-bond donors (Lipinski definition) is 0. The molecule has 0 fully saturated rings. The molecular weight excluding hydrogens is 486 g/mol. The van der Waals surface area contributed by atoms with Gasteiger partial charge in [-0.3, -0.25) is 14.4 Å². The van der Waals surface area contributed by atoms with Crippen LogP contribution < -0.4 is 0 Å². The highest BCUT2D eigenvalue weighted by atomic mass is 32.2. The number of hydrogen-bond acceptors (Lipinski definition) is 7. The summed E-state index contributed by atoms with van der Waals surface area (Å²) in [6.07, 6.45) is 0. The summed E-state index contributed by atoms with van der Waals surface area (Å²) in [7, 11) is 0. The van der Waals surface area contributed by atoms with Crippen LogP contribution >= 0.6 is 11.8 Å². The van der Waals surface area contributed by atoms with Crippen LogP contribution in [0.25, 0.3) is 0 Å². The number of nitrogens with zero attached hydrogens (tertiary/aromatic N) is 1. The van der Waals surface area contributed by atoms with Gasteiger partial charge in [-0.15, -0.1) is 0 Å². The fraction of sp³-hybridized carbons (Fsp3) is 0.0333. The third-order valence-corrected chi connectivity index (χ3v) is 6.25. The second-order valence-corrected chi connectivity index (χ2v) is 9.04. The van der Waals surface area contributed by atoms with Gasteiger partial charge in [0, 0.05) is 39.0 Å². The van der Waals surface area contributed by atoms with Crippen molar-refractivity contribution in [3.8, 4) is 0 Å². The first-order valence-electron chi connectivity index (χ1n) is 11.3. The molecule has 4 aromatic rings. The maximum absolute atomic E-state index is 13.1. The molecule has 0 radical (unpaired) electrons. The summed E-state index contributed by atoms with van der Waals surface area (Å²) in [5.74, 6) is -2.09. The highest BCUT2D eigenvalue weighted by Crippen LogP contribution is 2.28. The van der Waals surface area contributed by atoms with E-state index in [1.165, 1.54) is 11.8 Å². The summed E-state index contributed by atoms with van der Waals surface area (Å²) in [6.45, 7) is 1.13. The van der Waals surface area contributed by atoms with E-state index >= 15 is 0 Å². The van der Waals surface area contributed by atoms with Gasteiger partial charge in [-0.05, 0) is 48.5 Å². The van der Waals surface area contributed by atoms with Crippen LogP contribution in [-0.4, -0.2) is 29.0 Å². The second-order valence-electron chi connectivity index (χ2n) is 7.89. The van der Waals surface area contributed by atoms with Gasteiger partial charge in [-0.2, -0.15) is 0 Å². The van der Waals surface area contributed by atoms with Crippen molar-refractivity contribution in [2.75, 3.05) is 0 Å². The lowest BCUT2D eigenvalue weighted by molar-refractivity contribution is -0.140. The number of rotatable bonds is 9. The van der Waals surface area contributed by atoms with Gasteiger partial charge >= 0.3 is 5.97 Å². The zero-order valence-corrected chi connectivity index (χ0v) is 20.6. The number of carbonyl (C=O) groups excluding carboxylic acids is 4. The second kappa shape index (κ2) is 11.9. The molecule has 0 atom stereocenters. The summed E-state index contributed by atoms with van der Waals surface area (Å²) in [4.78, 5) is 56.2. The molecule has 182 valence electrons. The Kier molecular flexibility index (Phi) is 8.18. The summed E-state index contributed by atoms with van der Waals surface area (Å²) in [5.41, 5.74) is 1.22. The molecule has 37 heavy (non-hydrogen) atoms. The first kappa shape index (κ1) is 25.5. The number of oxime groups is 1. The largest absolute Gasteiger partial charge is 0.332 e. The van der Waals surface area contributed by atoms with E-state index in [2.05, 4.69) is 9.99 Å². The average molecular weight is 508 g/mol. The molecule has 0 N–H and O–H groups in total. The molecule has 4 aromatic carbocycles. The first-order valence-corrected chi connectivity index (χ1v) is 12.1. The number of carbonyl (C=O) groups is 4. The lowest BCUT2D eigenvalue weighted by Gasteiger charge is -2.07. The lowest BCUT2D eigenvalue weighted by atomic mass is 9.99. The maximum Gasteiger partial charge on any atom is 0.332 e. The number of ketones is 3. The molecule has 0 saturated carbocycles. The SMILES string of the molecule is CC(=O)O/N=C(\C(=O)c1ccccc1)C(=O)c1ccc(Sc2ccc(C(=O)c3ccccc3)cc2)cc1. The predicted octanol–water partition coefficient (Wildman–Crippen LogP) is 6.05. The van der Waals surface area contributed by atoms with Crippen molar-refractivity contribution in [2.24, 2.45) is 5.16 Å². The van der Waals surface area contributed by atoms with Crippen LogP contribution in [0.3, 0.4) is 0 Å². The maximum atomic E-state index is 13.1. The van der Waals surface area contributed by atoms with Crippen LogP contribution in [-0.2, 0) is 9.63 Å². The molecule has 0 aromatic heterocycles. The van der Waals surface area contributed by atoms with Crippen LogP contribution in [0.15, 0.2) is 124 Å². The summed E-state index contributed by atoms with van der Waals surface area (Å²) in [5, 5.41) is 3.55. The highest BCUT2D eigenvalue weighted by Gasteiger charge is 2.25. The van der Waals surface area contributed by atoms with Crippen LogP contribution in [0, 0.1) is 0 Å². The third kappa shape index (κ3) is 6.54. The Hall–Kier alpha value is -4.62. The molecule has 0 amide bonds. The molecular formula is C30H21NO5S. The molecule has 4 rings (SSSR count). The molecule has 0 heterocycles. The monoisotopic (exact) mass is 507 g/mol.